The van der Waals surface area contributed by atoms with Crippen molar-refractivity contribution in [3.05, 3.63) is 29.8 Å². The minimum Gasteiger partial charge on any atom is -0.497 e. The quantitative estimate of drug-likeness (QED) is 0.852. The monoisotopic (exact) mass is 294 g/mol. The number of fused-ring (bicyclic) bond motifs is 1. The lowest BCUT2D eigenvalue weighted by molar-refractivity contribution is 0.414. The highest BCUT2D eigenvalue weighted by Crippen LogP contribution is 2.30. The van der Waals surface area contributed by atoms with Gasteiger partial charge in [-0.2, -0.15) is 0 Å². The molecular weight excluding hydrogens is 276 g/mol. The van der Waals surface area contributed by atoms with Crippen LogP contribution in [0.5, 0.6) is 5.75 Å². The molecule has 102 valence electrons. The zero-order chi connectivity index (χ0) is 13.1. The number of thioether (sulfide) groups is 2. The highest BCUT2D eigenvalue weighted by atomic mass is 32.2. The Bertz CT molecular complexity index is 461. The van der Waals surface area contributed by atoms with E-state index in [0.29, 0.717) is 5.37 Å². The highest BCUT2D eigenvalue weighted by Gasteiger charge is 2.25. The number of ether oxygens (including phenoxy) is 1. The number of benzene rings is 1. The summed E-state index contributed by atoms with van der Waals surface area (Å²) < 4.78 is 5.17. The van der Waals surface area contributed by atoms with Crippen molar-refractivity contribution in [2.24, 2.45) is 4.99 Å². The van der Waals surface area contributed by atoms with Crippen LogP contribution in [-0.2, 0) is 5.75 Å². The maximum atomic E-state index is 5.17. The second kappa shape index (κ2) is 6.09. The summed E-state index contributed by atoms with van der Waals surface area (Å²) in [6.07, 6.45) is 1.17. The van der Waals surface area contributed by atoms with Gasteiger partial charge in [-0.3, -0.25) is 0 Å². The Labute approximate surface area is 122 Å². The van der Waals surface area contributed by atoms with Crippen LogP contribution in [0.25, 0.3) is 0 Å². The minimum absolute atomic E-state index is 0.430. The molecule has 0 bridgehead atoms. The van der Waals surface area contributed by atoms with Crippen molar-refractivity contribution in [3.63, 3.8) is 0 Å². The Morgan fingerprint density at radius 1 is 1.37 bits per heavy atom. The van der Waals surface area contributed by atoms with Crippen LogP contribution in [0.1, 0.15) is 12.0 Å². The molecule has 0 N–H and O–H groups in total. The smallest absolute Gasteiger partial charge is 0.160 e. The molecule has 1 fully saturated rings. The normalized spacial score (nSPS) is 22.1. The van der Waals surface area contributed by atoms with Crippen molar-refractivity contribution < 1.29 is 4.74 Å². The number of rotatable bonds is 4. The molecule has 5 heteroatoms. The third kappa shape index (κ3) is 3.20. The van der Waals surface area contributed by atoms with Gasteiger partial charge < -0.3 is 9.64 Å². The standard InChI is InChI=1S/C14H18N2OS2/c1-17-12-4-2-11(3-5-12)10-19-13-6-7-16-8-9-18-14(16)15-13/h2-5,13H,6-10H2,1H3. The summed E-state index contributed by atoms with van der Waals surface area (Å²) in [6, 6.07) is 8.32. The lowest BCUT2D eigenvalue weighted by Crippen LogP contribution is -2.32. The van der Waals surface area contributed by atoms with E-state index >= 15 is 0 Å². The molecular formula is C14H18N2OS2. The molecule has 0 spiro atoms. The van der Waals surface area contributed by atoms with Crippen LogP contribution in [0.2, 0.25) is 0 Å². The molecule has 0 amide bonds. The molecule has 0 aromatic heterocycles. The predicted octanol–water partition coefficient (Wildman–Crippen LogP) is 3.06. The first-order chi connectivity index (χ1) is 9.35. The van der Waals surface area contributed by atoms with Gasteiger partial charge in [0.2, 0.25) is 0 Å². The van der Waals surface area contributed by atoms with E-state index in [1.165, 1.54) is 36.0 Å². The predicted molar refractivity (Wildman–Crippen MR) is 84.2 cm³/mol. The molecule has 2 aliphatic rings. The molecule has 1 saturated heterocycles. The molecule has 2 aliphatic heterocycles. The van der Waals surface area contributed by atoms with E-state index in [0.717, 1.165) is 11.5 Å². The number of hydrogen-bond donors (Lipinski definition) is 0. The molecule has 0 saturated carbocycles. The van der Waals surface area contributed by atoms with Gasteiger partial charge in [0.1, 0.15) is 5.75 Å². The van der Waals surface area contributed by atoms with Crippen LogP contribution in [0.3, 0.4) is 0 Å². The average Bonchev–Trinajstić information content (AvgIpc) is 2.93. The summed E-state index contributed by atoms with van der Waals surface area (Å²) >= 11 is 3.85. The second-order valence-corrected chi connectivity index (χ2v) is 6.88. The first-order valence-electron chi connectivity index (χ1n) is 6.55. The summed E-state index contributed by atoms with van der Waals surface area (Å²) in [6.45, 7) is 2.35. The number of aliphatic imine (C=N–C) groups is 1. The lowest BCUT2D eigenvalue weighted by atomic mass is 10.2. The largest absolute Gasteiger partial charge is 0.497 e. The number of nitrogens with zero attached hydrogens (tertiary/aromatic N) is 2. The van der Waals surface area contributed by atoms with Crippen LogP contribution >= 0.6 is 23.5 Å². The van der Waals surface area contributed by atoms with Gasteiger partial charge >= 0.3 is 0 Å². The zero-order valence-electron chi connectivity index (χ0n) is 11.0. The summed E-state index contributed by atoms with van der Waals surface area (Å²) in [4.78, 5) is 7.25. The molecule has 19 heavy (non-hydrogen) atoms. The molecule has 0 radical (unpaired) electrons. The summed E-state index contributed by atoms with van der Waals surface area (Å²) in [5.41, 5.74) is 1.34. The van der Waals surface area contributed by atoms with E-state index in [4.69, 9.17) is 9.73 Å². The van der Waals surface area contributed by atoms with Gasteiger partial charge in [-0.05, 0) is 24.1 Å². The fraction of sp³-hybridized carbons (Fsp3) is 0.500. The van der Waals surface area contributed by atoms with E-state index in [1.807, 2.05) is 35.7 Å². The van der Waals surface area contributed by atoms with Crippen molar-refractivity contribution in [3.8, 4) is 5.75 Å². The zero-order valence-corrected chi connectivity index (χ0v) is 12.7. The van der Waals surface area contributed by atoms with Crippen LogP contribution in [0.15, 0.2) is 29.3 Å². The Morgan fingerprint density at radius 3 is 3.00 bits per heavy atom. The first kappa shape index (κ1) is 13.2. The Morgan fingerprint density at radius 2 is 2.21 bits per heavy atom. The third-order valence-electron chi connectivity index (χ3n) is 3.36. The van der Waals surface area contributed by atoms with Crippen molar-refractivity contribution >= 4 is 28.7 Å². The van der Waals surface area contributed by atoms with Crippen LogP contribution in [-0.4, -0.2) is 41.4 Å². The minimum atomic E-state index is 0.430. The van der Waals surface area contributed by atoms with Gasteiger partial charge in [-0.15, -0.1) is 11.8 Å². The van der Waals surface area contributed by atoms with E-state index in [2.05, 4.69) is 17.0 Å². The molecule has 0 aliphatic carbocycles. The average molecular weight is 294 g/mol. The second-order valence-electron chi connectivity index (χ2n) is 4.65. The molecule has 1 aromatic carbocycles. The number of hydrogen-bond acceptors (Lipinski definition) is 5. The van der Waals surface area contributed by atoms with E-state index in [9.17, 15) is 0 Å². The van der Waals surface area contributed by atoms with Crippen molar-refractivity contribution in [1.29, 1.82) is 0 Å². The van der Waals surface area contributed by atoms with Gasteiger partial charge in [0, 0.05) is 24.6 Å². The van der Waals surface area contributed by atoms with Gasteiger partial charge in [0.05, 0.1) is 12.5 Å². The van der Waals surface area contributed by atoms with Crippen molar-refractivity contribution in [1.82, 2.24) is 4.90 Å². The fourth-order valence-corrected chi connectivity index (χ4v) is 4.40. The first-order valence-corrected chi connectivity index (χ1v) is 8.58. The lowest BCUT2D eigenvalue weighted by Gasteiger charge is -2.26. The van der Waals surface area contributed by atoms with Crippen LogP contribution in [0.4, 0.5) is 0 Å². The Hall–Kier alpha value is -0.810. The van der Waals surface area contributed by atoms with Crippen LogP contribution < -0.4 is 4.74 Å². The highest BCUT2D eigenvalue weighted by molar-refractivity contribution is 8.14. The molecule has 3 rings (SSSR count). The van der Waals surface area contributed by atoms with E-state index in [1.54, 1.807) is 7.11 Å². The van der Waals surface area contributed by atoms with E-state index in [-0.39, 0.29) is 0 Å². The Balaban J connectivity index is 1.55. The fourth-order valence-electron chi connectivity index (χ4n) is 2.25. The molecule has 1 unspecified atom stereocenters. The summed E-state index contributed by atoms with van der Waals surface area (Å²) in [5, 5.41) is 1.69. The van der Waals surface area contributed by atoms with Gasteiger partial charge in [-0.25, -0.2) is 4.99 Å². The van der Waals surface area contributed by atoms with Gasteiger partial charge in [0.15, 0.2) is 5.17 Å². The molecule has 1 aromatic rings. The van der Waals surface area contributed by atoms with Crippen LogP contribution in [0, 0.1) is 0 Å². The maximum Gasteiger partial charge on any atom is 0.160 e. The van der Waals surface area contributed by atoms with E-state index < -0.39 is 0 Å². The molecule has 3 nitrogen and oxygen atoms in total. The van der Waals surface area contributed by atoms with Crippen molar-refractivity contribution in [2.45, 2.75) is 17.5 Å². The maximum absolute atomic E-state index is 5.17. The SMILES string of the molecule is COc1ccc(CSC2CCN3CCSC3=N2)cc1. The Kier molecular flexibility index (Phi) is 4.23. The molecule has 1 atom stereocenters. The summed E-state index contributed by atoms with van der Waals surface area (Å²) in [7, 11) is 1.70. The topological polar surface area (TPSA) is 24.8 Å². The number of amidine groups is 1. The molecule has 2 heterocycles. The van der Waals surface area contributed by atoms with Gasteiger partial charge in [-0.1, -0.05) is 23.9 Å². The van der Waals surface area contributed by atoms with Gasteiger partial charge in [0.25, 0.3) is 0 Å². The third-order valence-corrected chi connectivity index (χ3v) is 5.60. The van der Waals surface area contributed by atoms with Crippen molar-refractivity contribution in [2.75, 3.05) is 26.0 Å². The number of methoxy groups -OCH3 is 1. The summed E-state index contributed by atoms with van der Waals surface area (Å²) in [5.74, 6) is 3.15.